The number of fused-ring (bicyclic) bond motifs is 1. The maximum Gasteiger partial charge on any atom is 0.418 e. The van der Waals surface area contributed by atoms with Gasteiger partial charge in [0.2, 0.25) is 0 Å². The van der Waals surface area contributed by atoms with E-state index in [9.17, 15) is 22.0 Å². The molecule has 1 unspecified atom stereocenters. The van der Waals surface area contributed by atoms with Gasteiger partial charge in [0.25, 0.3) is 0 Å². The number of para-hydroxylation sites is 1. The molecule has 2 aromatic rings. The Bertz CT molecular complexity index is 693. The molecule has 0 aromatic heterocycles. The number of hydrogen-bond donors (Lipinski definition) is 1. The van der Waals surface area contributed by atoms with Gasteiger partial charge in [0.05, 0.1) is 17.3 Å². The van der Waals surface area contributed by atoms with Gasteiger partial charge < -0.3 is 5.32 Å². The Kier molecular flexibility index (Phi) is 3.11. The summed E-state index contributed by atoms with van der Waals surface area (Å²) in [4.78, 5) is 0. The molecule has 1 N–H and O–H groups in total. The van der Waals surface area contributed by atoms with Crippen molar-refractivity contribution in [2.75, 3.05) is 5.32 Å². The number of halogens is 5. The number of hydrogen-bond acceptors (Lipinski definition) is 1. The van der Waals surface area contributed by atoms with Gasteiger partial charge in [-0.2, -0.15) is 13.2 Å². The van der Waals surface area contributed by atoms with Gasteiger partial charge in [-0.25, -0.2) is 8.78 Å². The van der Waals surface area contributed by atoms with Crippen molar-refractivity contribution in [2.45, 2.75) is 18.6 Å². The molecule has 1 aliphatic rings. The minimum absolute atomic E-state index is 0.0290. The first-order valence-corrected chi connectivity index (χ1v) is 6.27. The Morgan fingerprint density at radius 1 is 1.05 bits per heavy atom. The maximum atomic E-state index is 13.8. The van der Waals surface area contributed by atoms with Gasteiger partial charge in [0, 0.05) is 11.6 Å². The molecule has 0 fully saturated rings. The van der Waals surface area contributed by atoms with Gasteiger partial charge >= 0.3 is 6.18 Å². The molecular formula is C15H10F5N. The van der Waals surface area contributed by atoms with Gasteiger partial charge in [-0.05, 0) is 24.1 Å². The number of alkyl halides is 3. The lowest BCUT2D eigenvalue weighted by atomic mass is 10.0. The third kappa shape index (κ3) is 2.46. The van der Waals surface area contributed by atoms with E-state index < -0.39 is 29.4 Å². The largest absolute Gasteiger partial charge is 0.418 e. The molecule has 0 saturated carbocycles. The van der Waals surface area contributed by atoms with Gasteiger partial charge in [-0.1, -0.05) is 18.2 Å². The Morgan fingerprint density at radius 2 is 1.81 bits per heavy atom. The lowest BCUT2D eigenvalue weighted by Gasteiger charge is -2.15. The number of nitrogens with one attached hydrogen (secondary N) is 1. The number of anilines is 1. The van der Waals surface area contributed by atoms with Crippen molar-refractivity contribution < 1.29 is 22.0 Å². The zero-order valence-electron chi connectivity index (χ0n) is 10.6. The first-order valence-electron chi connectivity index (χ1n) is 6.27. The molecule has 1 aliphatic heterocycles. The van der Waals surface area contributed by atoms with Crippen LogP contribution in [0.4, 0.5) is 27.6 Å². The quantitative estimate of drug-likeness (QED) is 0.753. The van der Waals surface area contributed by atoms with Crippen molar-refractivity contribution in [2.24, 2.45) is 0 Å². The van der Waals surface area contributed by atoms with Crippen molar-refractivity contribution in [3.8, 4) is 0 Å². The first kappa shape index (κ1) is 13.9. The van der Waals surface area contributed by atoms with Crippen LogP contribution >= 0.6 is 0 Å². The van der Waals surface area contributed by atoms with Crippen molar-refractivity contribution in [3.63, 3.8) is 0 Å². The summed E-state index contributed by atoms with van der Waals surface area (Å²) in [6.07, 6.45) is -4.25. The Labute approximate surface area is 117 Å². The van der Waals surface area contributed by atoms with E-state index in [-0.39, 0.29) is 17.7 Å². The van der Waals surface area contributed by atoms with Crippen LogP contribution in [0.1, 0.15) is 22.7 Å². The highest BCUT2D eigenvalue weighted by Gasteiger charge is 2.37. The lowest BCUT2D eigenvalue weighted by molar-refractivity contribution is -0.136. The van der Waals surface area contributed by atoms with Crippen LogP contribution in [-0.4, -0.2) is 0 Å². The molecule has 0 radical (unpaired) electrons. The highest BCUT2D eigenvalue weighted by Crippen LogP contribution is 2.43. The zero-order valence-corrected chi connectivity index (χ0v) is 10.6. The SMILES string of the molecule is Fc1ccc(C2Cc3cccc(C(F)(F)F)c3N2)c(F)c1. The van der Waals surface area contributed by atoms with Crippen LogP contribution in [-0.2, 0) is 12.6 Å². The van der Waals surface area contributed by atoms with E-state index in [1.807, 2.05) is 0 Å². The van der Waals surface area contributed by atoms with Crippen LogP contribution < -0.4 is 5.32 Å². The normalized spacial score (nSPS) is 17.5. The average Bonchev–Trinajstić information content (AvgIpc) is 2.80. The fourth-order valence-corrected chi connectivity index (χ4v) is 2.59. The molecular weight excluding hydrogens is 289 g/mol. The summed E-state index contributed by atoms with van der Waals surface area (Å²) in [6, 6.07) is 6.31. The number of benzene rings is 2. The number of rotatable bonds is 1. The third-order valence-electron chi connectivity index (χ3n) is 3.54. The monoisotopic (exact) mass is 299 g/mol. The molecule has 110 valence electrons. The van der Waals surface area contributed by atoms with Crippen LogP contribution in [0.3, 0.4) is 0 Å². The van der Waals surface area contributed by atoms with Crippen molar-refractivity contribution in [1.29, 1.82) is 0 Å². The van der Waals surface area contributed by atoms with Crippen LogP contribution in [0.25, 0.3) is 0 Å². The van der Waals surface area contributed by atoms with Crippen molar-refractivity contribution >= 4 is 5.69 Å². The molecule has 1 nitrogen and oxygen atoms in total. The fourth-order valence-electron chi connectivity index (χ4n) is 2.59. The Morgan fingerprint density at radius 3 is 2.48 bits per heavy atom. The molecule has 0 spiro atoms. The fraction of sp³-hybridized carbons (Fsp3) is 0.200. The van der Waals surface area contributed by atoms with E-state index >= 15 is 0 Å². The van der Waals surface area contributed by atoms with E-state index in [4.69, 9.17) is 0 Å². The van der Waals surface area contributed by atoms with Crippen LogP contribution in [0.15, 0.2) is 36.4 Å². The van der Waals surface area contributed by atoms with Gasteiger partial charge in [0.15, 0.2) is 0 Å². The van der Waals surface area contributed by atoms with E-state index in [0.717, 1.165) is 18.2 Å². The molecule has 21 heavy (non-hydrogen) atoms. The van der Waals surface area contributed by atoms with Gasteiger partial charge in [0.1, 0.15) is 11.6 Å². The Hall–Kier alpha value is -2.11. The van der Waals surface area contributed by atoms with E-state index in [1.165, 1.54) is 12.1 Å². The minimum atomic E-state index is -4.48. The highest BCUT2D eigenvalue weighted by molar-refractivity contribution is 5.64. The molecule has 0 aliphatic carbocycles. The second-order valence-electron chi connectivity index (χ2n) is 4.90. The summed E-state index contributed by atoms with van der Waals surface area (Å²) >= 11 is 0. The summed E-state index contributed by atoms with van der Waals surface area (Å²) in [6.45, 7) is 0. The molecule has 0 bridgehead atoms. The standard InChI is InChI=1S/C15H10F5N/c16-9-4-5-10(12(17)7-9)13-6-8-2-1-3-11(14(8)21-13)15(18,19)20/h1-5,7,13,21H,6H2. The van der Waals surface area contributed by atoms with Crippen molar-refractivity contribution in [3.05, 3.63) is 64.7 Å². The second kappa shape index (κ2) is 4.72. The molecule has 6 heteroatoms. The molecule has 1 heterocycles. The minimum Gasteiger partial charge on any atom is -0.377 e. The molecule has 1 atom stereocenters. The molecule has 2 aromatic carbocycles. The topological polar surface area (TPSA) is 12.0 Å². The van der Waals surface area contributed by atoms with Crippen molar-refractivity contribution in [1.82, 2.24) is 0 Å². The van der Waals surface area contributed by atoms with Crippen LogP contribution in [0.5, 0.6) is 0 Å². The summed E-state index contributed by atoms with van der Waals surface area (Å²) in [5.74, 6) is -1.49. The van der Waals surface area contributed by atoms with Crippen LogP contribution in [0.2, 0.25) is 0 Å². The third-order valence-corrected chi connectivity index (χ3v) is 3.54. The average molecular weight is 299 g/mol. The van der Waals surface area contributed by atoms with Gasteiger partial charge in [-0.3, -0.25) is 0 Å². The van der Waals surface area contributed by atoms with E-state index in [2.05, 4.69) is 5.32 Å². The summed E-state index contributed by atoms with van der Waals surface area (Å²) in [7, 11) is 0. The summed E-state index contributed by atoms with van der Waals surface area (Å²) in [5.41, 5.74) is -0.178. The first-order chi connectivity index (χ1) is 9.86. The highest BCUT2D eigenvalue weighted by atomic mass is 19.4. The lowest BCUT2D eigenvalue weighted by Crippen LogP contribution is -2.11. The Balaban J connectivity index is 1.98. The second-order valence-corrected chi connectivity index (χ2v) is 4.90. The molecule has 0 saturated heterocycles. The summed E-state index contributed by atoms with van der Waals surface area (Å²) in [5, 5.41) is 2.70. The van der Waals surface area contributed by atoms with Gasteiger partial charge in [-0.15, -0.1) is 0 Å². The van der Waals surface area contributed by atoms with E-state index in [0.29, 0.717) is 5.56 Å². The molecule has 0 amide bonds. The predicted molar refractivity (Wildman–Crippen MR) is 67.9 cm³/mol. The summed E-state index contributed by atoms with van der Waals surface area (Å²) < 4.78 is 65.5. The van der Waals surface area contributed by atoms with E-state index in [1.54, 1.807) is 6.07 Å². The smallest absolute Gasteiger partial charge is 0.377 e. The molecule has 3 rings (SSSR count). The zero-order chi connectivity index (χ0) is 15.2. The van der Waals surface area contributed by atoms with Crippen LogP contribution in [0, 0.1) is 11.6 Å². The maximum absolute atomic E-state index is 13.8. The predicted octanol–water partition coefficient (Wildman–Crippen LogP) is 4.69.